The van der Waals surface area contributed by atoms with Crippen molar-refractivity contribution in [3.63, 3.8) is 0 Å². The number of benzene rings is 1. The summed E-state index contributed by atoms with van der Waals surface area (Å²) in [5, 5.41) is 2.62. The van der Waals surface area contributed by atoms with Gasteiger partial charge in [-0.2, -0.15) is 13.2 Å². The van der Waals surface area contributed by atoms with Crippen LogP contribution in [0.1, 0.15) is 27.2 Å². The maximum atomic E-state index is 13.6. The van der Waals surface area contributed by atoms with Crippen LogP contribution in [0, 0.1) is 5.82 Å². The van der Waals surface area contributed by atoms with Gasteiger partial charge in [0.2, 0.25) is 0 Å². The number of hydrogen-bond donors (Lipinski definition) is 2. The summed E-state index contributed by atoms with van der Waals surface area (Å²) >= 11 is 0. The molecule has 3 N–H and O–H groups in total. The van der Waals surface area contributed by atoms with E-state index in [4.69, 9.17) is 10.5 Å². The van der Waals surface area contributed by atoms with Crippen LogP contribution < -0.4 is 15.8 Å². The molecule has 1 unspecified atom stereocenters. The highest BCUT2D eigenvalue weighted by Crippen LogP contribution is 2.31. The van der Waals surface area contributed by atoms with Gasteiger partial charge in [-0.3, -0.25) is 0 Å². The molecule has 0 aliphatic carbocycles. The van der Waals surface area contributed by atoms with Crippen LogP contribution in [-0.4, -0.2) is 18.3 Å². The standard InChI is InChI=1S/C13H18F4N2O/c1-7(2)20-12-5-11(10(18)4-9(12)14)19-8(3)6-13(15,16)17/h4-5,7-8,19H,6,18H2,1-3H3. The zero-order valence-electron chi connectivity index (χ0n) is 11.5. The third-order valence-corrected chi connectivity index (χ3v) is 2.41. The SMILES string of the molecule is CC(CC(F)(F)F)Nc1cc(OC(C)C)c(F)cc1N. The van der Waals surface area contributed by atoms with Gasteiger partial charge < -0.3 is 15.8 Å². The normalized spacial score (nSPS) is 13.4. The van der Waals surface area contributed by atoms with Gasteiger partial charge in [0.25, 0.3) is 0 Å². The zero-order chi connectivity index (χ0) is 15.5. The van der Waals surface area contributed by atoms with E-state index in [0.29, 0.717) is 0 Å². The summed E-state index contributed by atoms with van der Waals surface area (Å²) in [5.74, 6) is -0.693. The van der Waals surface area contributed by atoms with Crippen LogP contribution >= 0.6 is 0 Å². The van der Waals surface area contributed by atoms with Crippen molar-refractivity contribution in [3.8, 4) is 5.75 Å². The number of alkyl halides is 3. The lowest BCUT2D eigenvalue weighted by Crippen LogP contribution is -2.24. The zero-order valence-corrected chi connectivity index (χ0v) is 11.5. The van der Waals surface area contributed by atoms with E-state index in [2.05, 4.69) is 5.32 Å². The van der Waals surface area contributed by atoms with Crippen LogP contribution in [0.15, 0.2) is 12.1 Å². The van der Waals surface area contributed by atoms with Crippen LogP contribution in [0.2, 0.25) is 0 Å². The number of halogens is 4. The first-order valence-corrected chi connectivity index (χ1v) is 6.17. The lowest BCUT2D eigenvalue weighted by atomic mass is 10.2. The molecule has 114 valence electrons. The molecule has 0 fully saturated rings. The monoisotopic (exact) mass is 294 g/mol. The van der Waals surface area contributed by atoms with Gasteiger partial charge in [0.05, 0.1) is 23.9 Å². The largest absolute Gasteiger partial charge is 0.488 e. The average Bonchev–Trinajstić information content (AvgIpc) is 2.21. The fourth-order valence-corrected chi connectivity index (χ4v) is 1.70. The Hall–Kier alpha value is -1.66. The predicted octanol–water partition coefficient (Wildman–Crippen LogP) is 3.95. The lowest BCUT2D eigenvalue weighted by molar-refractivity contribution is -0.136. The van der Waals surface area contributed by atoms with Crippen LogP contribution in [0.3, 0.4) is 0 Å². The van der Waals surface area contributed by atoms with E-state index < -0.39 is 24.5 Å². The van der Waals surface area contributed by atoms with Gasteiger partial charge in [-0.15, -0.1) is 0 Å². The number of nitrogens with one attached hydrogen (secondary N) is 1. The maximum Gasteiger partial charge on any atom is 0.391 e. The Morgan fingerprint density at radius 2 is 1.85 bits per heavy atom. The van der Waals surface area contributed by atoms with Crippen LogP contribution in [-0.2, 0) is 0 Å². The van der Waals surface area contributed by atoms with E-state index in [1.54, 1.807) is 13.8 Å². The molecule has 7 heteroatoms. The second-order valence-electron chi connectivity index (χ2n) is 4.90. The summed E-state index contributed by atoms with van der Waals surface area (Å²) in [6, 6.07) is 1.42. The Labute approximate surface area is 115 Å². The molecule has 0 radical (unpaired) electrons. The number of hydrogen-bond acceptors (Lipinski definition) is 3. The molecule has 1 aromatic rings. The van der Waals surface area contributed by atoms with Crippen molar-refractivity contribution in [2.45, 2.75) is 45.5 Å². The van der Waals surface area contributed by atoms with Crippen LogP contribution in [0.25, 0.3) is 0 Å². The molecule has 0 amide bonds. The minimum Gasteiger partial charge on any atom is -0.488 e. The summed E-state index contributed by atoms with van der Waals surface area (Å²) < 4.78 is 55.6. The fourth-order valence-electron chi connectivity index (χ4n) is 1.70. The van der Waals surface area contributed by atoms with Crippen molar-refractivity contribution < 1.29 is 22.3 Å². The van der Waals surface area contributed by atoms with E-state index in [9.17, 15) is 17.6 Å². The fraction of sp³-hybridized carbons (Fsp3) is 0.538. The molecule has 20 heavy (non-hydrogen) atoms. The number of nitrogen functional groups attached to an aromatic ring is 1. The highest BCUT2D eigenvalue weighted by atomic mass is 19.4. The molecular weight excluding hydrogens is 276 g/mol. The number of rotatable bonds is 5. The molecule has 1 aromatic carbocycles. The summed E-state index contributed by atoms with van der Waals surface area (Å²) in [6.45, 7) is 4.81. The smallest absolute Gasteiger partial charge is 0.391 e. The highest BCUT2D eigenvalue weighted by molar-refractivity contribution is 5.69. The molecular formula is C13H18F4N2O. The van der Waals surface area contributed by atoms with Crippen LogP contribution in [0.4, 0.5) is 28.9 Å². The van der Waals surface area contributed by atoms with Gasteiger partial charge in [-0.25, -0.2) is 4.39 Å². The average molecular weight is 294 g/mol. The summed E-state index contributed by atoms with van der Waals surface area (Å²) in [4.78, 5) is 0. The van der Waals surface area contributed by atoms with E-state index in [-0.39, 0.29) is 23.2 Å². The Bertz CT molecular complexity index is 460. The summed E-state index contributed by atoms with van der Waals surface area (Å²) in [5.41, 5.74) is 5.85. The third-order valence-electron chi connectivity index (χ3n) is 2.41. The first kappa shape index (κ1) is 16.4. The molecule has 0 bridgehead atoms. The second kappa shape index (κ2) is 6.19. The number of ether oxygens (including phenoxy) is 1. The van der Waals surface area contributed by atoms with Crippen LogP contribution in [0.5, 0.6) is 5.75 Å². The molecule has 0 saturated carbocycles. The van der Waals surface area contributed by atoms with E-state index in [0.717, 1.165) is 6.07 Å². The Kier molecular flexibility index (Phi) is 5.08. The Balaban J connectivity index is 2.89. The topological polar surface area (TPSA) is 47.3 Å². The molecule has 3 nitrogen and oxygen atoms in total. The molecule has 0 aliphatic heterocycles. The van der Waals surface area contributed by atoms with Gasteiger partial charge in [-0.05, 0) is 20.8 Å². The van der Waals surface area contributed by atoms with Gasteiger partial charge in [0.15, 0.2) is 11.6 Å². The molecule has 0 saturated heterocycles. The minimum atomic E-state index is -4.28. The van der Waals surface area contributed by atoms with Gasteiger partial charge >= 0.3 is 6.18 Å². The molecule has 0 aliphatic rings. The van der Waals surface area contributed by atoms with Crippen molar-refractivity contribution in [1.82, 2.24) is 0 Å². The number of anilines is 2. The second-order valence-corrected chi connectivity index (χ2v) is 4.90. The lowest BCUT2D eigenvalue weighted by Gasteiger charge is -2.20. The molecule has 0 spiro atoms. The van der Waals surface area contributed by atoms with E-state index in [1.165, 1.54) is 13.0 Å². The van der Waals surface area contributed by atoms with Gasteiger partial charge in [-0.1, -0.05) is 0 Å². The van der Waals surface area contributed by atoms with Crippen molar-refractivity contribution in [2.24, 2.45) is 0 Å². The predicted molar refractivity (Wildman–Crippen MR) is 70.3 cm³/mol. The first-order chi connectivity index (χ1) is 9.08. The van der Waals surface area contributed by atoms with Gasteiger partial charge in [0.1, 0.15) is 0 Å². The molecule has 1 rings (SSSR count). The Morgan fingerprint density at radius 3 is 2.35 bits per heavy atom. The van der Waals surface area contributed by atoms with Gasteiger partial charge in [0, 0.05) is 18.2 Å². The maximum absolute atomic E-state index is 13.6. The molecule has 1 atom stereocenters. The summed E-state index contributed by atoms with van der Waals surface area (Å²) in [6.07, 6.45) is -5.54. The highest BCUT2D eigenvalue weighted by Gasteiger charge is 2.30. The van der Waals surface area contributed by atoms with Crippen molar-refractivity contribution in [3.05, 3.63) is 17.9 Å². The first-order valence-electron chi connectivity index (χ1n) is 6.17. The minimum absolute atomic E-state index is 0.0348. The van der Waals surface area contributed by atoms with Crippen molar-refractivity contribution in [1.29, 1.82) is 0 Å². The molecule has 0 heterocycles. The Morgan fingerprint density at radius 1 is 1.25 bits per heavy atom. The molecule has 0 aromatic heterocycles. The number of nitrogens with two attached hydrogens (primary N) is 1. The van der Waals surface area contributed by atoms with Crippen molar-refractivity contribution in [2.75, 3.05) is 11.1 Å². The van der Waals surface area contributed by atoms with E-state index >= 15 is 0 Å². The summed E-state index contributed by atoms with van der Waals surface area (Å²) in [7, 11) is 0. The third kappa shape index (κ3) is 5.14. The van der Waals surface area contributed by atoms with E-state index in [1.807, 2.05) is 0 Å². The quantitative estimate of drug-likeness (QED) is 0.638. The van der Waals surface area contributed by atoms with Crippen molar-refractivity contribution >= 4 is 11.4 Å².